The molecule has 0 spiro atoms. The van der Waals surface area contributed by atoms with Crippen molar-refractivity contribution < 1.29 is 0 Å². The van der Waals surface area contributed by atoms with Crippen molar-refractivity contribution in [2.24, 2.45) is 0 Å². The van der Waals surface area contributed by atoms with Gasteiger partial charge in [-0.05, 0) is 43.5 Å². The summed E-state index contributed by atoms with van der Waals surface area (Å²) in [5, 5.41) is 7.93. The minimum absolute atomic E-state index is 0.749. The SMILES string of the molecule is Cc1cc(Br)cc(N2CCCCC2=N)c1. The zero-order valence-corrected chi connectivity index (χ0v) is 10.5. The van der Waals surface area contributed by atoms with E-state index in [1.807, 2.05) is 0 Å². The lowest BCUT2D eigenvalue weighted by Crippen LogP contribution is -2.34. The molecule has 1 heterocycles. The van der Waals surface area contributed by atoms with Crippen LogP contribution in [-0.4, -0.2) is 12.4 Å². The van der Waals surface area contributed by atoms with Gasteiger partial charge in [-0.1, -0.05) is 15.9 Å². The van der Waals surface area contributed by atoms with Crippen molar-refractivity contribution in [3.8, 4) is 0 Å². The van der Waals surface area contributed by atoms with Gasteiger partial charge >= 0.3 is 0 Å². The van der Waals surface area contributed by atoms with Crippen LogP contribution in [0.2, 0.25) is 0 Å². The topological polar surface area (TPSA) is 27.1 Å². The fourth-order valence-electron chi connectivity index (χ4n) is 1.99. The van der Waals surface area contributed by atoms with Crippen LogP contribution in [0.5, 0.6) is 0 Å². The fourth-order valence-corrected chi connectivity index (χ4v) is 2.59. The van der Waals surface area contributed by atoms with Crippen LogP contribution in [-0.2, 0) is 0 Å². The zero-order valence-electron chi connectivity index (χ0n) is 8.89. The van der Waals surface area contributed by atoms with E-state index in [1.54, 1.807) is 0 Å². The van der Waals surface area contributed by atoms with E-state index in [0.717, 1.165) is 35.4 Å². The van der Waals surface area contributed by atoms with Crippen LogP contribution in [0.25, 0.3) is 0 Å². The van der Waals surface area contributed by atoms with Crippen molar-refractivity contribution in [3.05, 3.63) is 28.2 Å². The first-order chi connectivity index (χ1) is 7.16. The summed E-state index contributed by atoms with van der Waals surface area (Å²) in [7, 11) is 0. The second-order valence-electron chi connectivity index (χ2n) is 4.04. The van der Waals surface area contributed by atoms with E-state index in [0.29, 0.717) is 0 Å². The van der Waals surface area contributed by atoms with Crippen LogP contribution in [0.3, 0.4) is 0 Å². The third-order valence-corrected chi connectivity index (χ3v) is 3.17. The quantitative estimate of drug-likeness (QED) is 0.824. The maximum Gasteiger partial charge on any atom is 0.100 e. The van der Waals surface area contributed by atoms with Crippen LogP contribution >= 0.6 is 15.9 Å². The van der Waals surface area contributed by atoms with Gasteiger partial charge in [0.1, 0.15) is 5.84 Å². The summed E-state index contributed by atoms with van der Waals surface area (Å²) in [6.07, 6.45) is 3.25. The van der Waals surface area contributed by atoms with Gasteiger partial charge in [-0.25, -0.2) is 0 Å². The van der Waals surface area contributed by atoms with Crippen LogP contribution in [0.4, 0.5) is 5.69 Å². The van der Waals surface area contributed by atoms with Gasteiger partial charge in [0.05, 0.1) is 0 Å². The Morgan fingerprint density at radius 2 is 2.07 bits per heavy atom. The molecule has 0 aromatic heterocycles. The van der Waals surface area contributed by atoms with Crippen molar-refractivity contribution in [2.75, 3.05) is 11.4 Å². The van der Waals surface area contributed by atoms with Crippen molar-refractivity contribution in [1.82, 2.24) is 0 Å². The molecule has 1 fully saturated rings. The molecular formula is C12H15BrN2. The van der Waals surface area contributed by atoms with Gasteiger partial charge in [0.25, 0.3) is 0 Å². The van der Waals surface area contributed by atoms with E-state index in [4.69, 9.17) is 5.41 Å². The smallest absolute Gasteiger partial charge is 0.100 e. The van der Waals surface area contributed by atoms with Gasteiger partial charge in [0.15, 0.2) is 0 Å². The Labute approximate surface area is 98.9 Å². The highest BCUT2D eigenvalue weighted by Gasteiger charge is 2.16. The summed E-state index contributed by atoms with van der Waals surface area (Å²) in [6, 6.07) is 6.33. The Morgan fingerprint density at radius 3 is 2.73 bits per heavy atom. The highest BCUT2D eigenvalue weighted by Crippen LogP contribution is 2.25. The van der Waals surface area contributed by atoms with Gasteiger partial charge in [-0.15, -0.1) is 0 Å². The molecule has 2 rings (SSSR count). The number of nitrogens with zero attached hydrogens (tertiary/aromatic N) is 1. The molecule has 1 saturated heterocycles. The largest absolute Gasteiger partial charge is 0.330 e. The summed E-state index contributed by atoms with van der Waals surface area (Å²) in [5.41, 5.74) is 2.38. The minimum Gasteiger partial charge on any atom is -0.330 e. The Kier molecular flexibility index (Phi) is 3.10. The van der Waals surface area contributed by atoms with Crippen LogP contribution in [0.15, 0.2) is 22.7 Å². The van der Waals surface area contributed by atoms with Crippen LogP contribution in [0, 0.1) is 12.3 Å². The molecule has 1 N–H and O–H groups in total. The molecule has 15 heavy (non-hydrogen) atoms. The van der Waals surface area contributed by atoms with E-state index in [-0.39, 0.29) is 0 Å². The minimum atomic E-state index is 0.749. The molecule has 3 heteroatoms. The lowest BCUT2D eigenvalue weighted by Gasteiger charge is -2.29. The molecule has 0 radical (unpaired) electrons. The maximum atomic E-state index is 7.93. The van der Waals surface area contributed by atoms with E-state index in [2.05, 4.69) is 46.0 Å². The van der Waals surface area contributed by atoms with E-state index in [9.17, 15) is 0 Å². The summed E-state index contributed by atoms with van der Waals surface area (Å²) in [4.78, 5) is 2.11. The van der Waals surface area contributed by atoms with Crippen LogP contribution in [0.1, 0.15) is 24.8 Å². The highest BCUT2D eigenvalue weighted by molar-refractivity contribution is 9.10. The van der Waals surface area contributed by atoms with E-state index < -0.39 is 0 Å². The van der Waals surface area contributed by atoms with Crippen molar-refractivity contribution in [1.29, 1.82) is 5.41 Å². The molecule has 1 aromatic rings. The molecule has 80 valence electrons. The monoisotopic (exact) mass is 266 g/mol. The first kappa shape index (κ1) is 10.7. The molecule has 0 bridgehead atoms. The number of piperidine rings is 1. The average molecular weight is 267 g/mol. The molecule has 0 atom stereocenters. The molecule has 2 nitrogen and oxygen atoms in total. The van der Waals surface area contributed by atoms with Crippen molar-refractivity contribution >= 4 is 27.5 Å². The van der Waals surface area contributed by atoms with Crippen molar-refractivity contribution in [2.45, 2.75) is 26.2 Å². The second kappa shape index (κ2) is 4.35. The average Bonchev–Trinajstić information content (AvgIpc) is 2.16. The van der Waals surface area contributed by atoms with Crippen LogP contribution < -0.4 is 4.90 Å². The normalized spacial score (nSPS) is 16.9. The lowest BCUT2D eigenvalue weighted by atomic mass is 10.1. The molecule has 1 aromatic carbocycles. The Balaban J connectivity index is 2.31. The molecular weight excluding hydrogens is 252 g/mol. The maximum absolute atomic E-state index is 7.93. The predicted octanol–water partition coefficient (Wildman–Crippen LogP) is 3.73. The van der Waals surface area contributed by atoms with Gasteiger partial charge in [-0.2, -0.15) is 0 Å². The number of anilines is 1. The highest BCUT2D eigenvalue weighted by atomic mass is 79.9. The molecule has 0 amide bonds. The first-order valence-corrected chi connectivity index (χ1v) is 6.08. The number of hydrogen-bond acceptors (Lipinski definition) is 1. The summed E-state index contributed by atoms with van der Waals surface area (Å²) in [6.45, 7) is 3.07. The number of benzene rings is 1. The second-order valence-corrected chi connectivity index (χ2v) is 4.96. The van der Waals surface area contributed by atoms with E-state index in [1.165, 1.54) is 12.0 Å². The number of hydrogen-bond donors (Lipinski definition) is 1. The fraction of sp³-hybridized carbons (Fsp3) is 0.417. The number of halogens is 1. The number of nitrogens with one attached hydrogen (secondary N) is 1. The van der Waals surface area contributed by atoms with Gasteiger partial charge in [-0.3, -0.25) is 5.41 Å². The third-order valence-electron chi connectivity index (χ3n) is 2.71. The molecule has 0 saturated carbocycles. The summed E-state index contributed by atoms with van der Waals surface area (Å²) >= 11 is 3.50. The first-order valence-electron chi connectivity index (χ1n) is 5.29. The standard InChI is InChI=1S/C12H15BrN2/c1-9-6-10(13)8-11(7-9)15-5-3-2-4-12(15)14/h6-8,14H,2-5H2,1H3. The van der Waals surface area contributed by atoms with E-state index >= 15 is 0 Å². The molecule has 1 aliphatic heterocycles. The third kappa shape index (κ3) is 2.40. The Bertz CT molecular complexity index is 367. The molecule has 1 aliphatic rings. The van der Waals surface area contributed by atoms with Crippen molar-refractivity contribution in [3.63, 3.8) is 0 Å². The lowest BCUT2D eigenvalue weighted by molar-refractivity contribution is 0.707. The Hall–Kier alpha value is -0.830. The van der Waals surface area contributed by atoms with Gasteiger partial charge in [0.2, 0.25) is 0 Å². The summed E-state index contributed by atoms with van der Waals surface area (Å²) in [5.74, 6) is 0.749. The molecule has 0 aliphatic carbocycles. The summed E-state index contributed by atoms with van der Waals surface area (Å²) < 4.78 is 1.09. The molecule has 0 unspecified atom stereocenters. The number of aryl methyl sites for hydroxylation is 1. The predicted molar refractivity (Wildman–Crippen MR) is 67.8 cm³/mol. The zero-order chi connectivity index (χ0) is 10.8. The number of rotatable bonds is 1. The number of amidine groups is 1. The Morgan fingerprint density at radius 1 is 1.27 bits per heavy atom. The van der Waals surface area contributed by atoms with Gasteiger partial charge < -0.3 is 4.90 Å². The van der Waals surface area contributed by atoms with Gasteiger partial charge in [0, 0.05) is 23.1 Å².